The molecule has 0 bridgehead atoms. The minimum atomic E-state index is 0.167. The van der Waals surface area contributed by atoms with Crippen LogP contribution < -0.4 is 5.43 Å². The summed E-state index contributed by atoms with van der Waals surface area (Å²) in [5, 5.41) is 3.47. The monoisotopic (exact) mass is 142 g/mol. The fourth-order valence-electron chi connectivity index (χ4n) is 0.491. The van der Waals surface area contributed by atoms with Crippen molar-refractivity contribution in [1.29, 1.82) is 0 Å². The third-order valence-electron chi connectivity index (χ3n) is 0.814. The van der Waals surface area contributed by atoms with Gasteiger partial charge >= 0.3 is 0 Å². The van der Waals surface area contributed by atoms with Gasteiger partial charge in [-0.1, -0.05) is 0 Å². The van der Waals surface area contributed by atoms with E-state index in [1.165, 1.54) is 0 Å². The van der Waals surface area contributed by atoms with Gasteiger partial charge in [-0.3, -0.25) is 0 Å². The van der Waals surface area contributed by atoms with Crippen LogP contribution in [0.1, 0.15) is 20.8 Å². The Morgan fingerprint density at radius 1 is 1.70 bits per heavy atom. The van der Waals surface area contributed by atoms with Crippen LogP contribution in [0.5, 0.6) is 0 Å². The highest BCUT2D eigenvalue weighted by molar-refractivity contribution is 5.22. The van der Waals surface area contributed by atoms with Crippen LogP contribution in [-0.2, 0) is 4.74 Å². The molecule has 0 heterocycles. The number of hydrazone groups is 1. The number of allylic oxidation sites excluding steroid dienone is 1. The summed E-state index contributed by atoms with van der Waals surface area (Å²) in [5.41, 5.74) is 2.62. The molecule has 10 heavy (non-hydrogen) atoms. The molecule has 0 aromatic carbocycles. The summed E-state index contributed by atoms with van der Waals surface area (Å²) in [6.45, 7) is 9.05. The molecule has 0 aliphatic rings. The highest BCUT2D eigenvalue weighted by Crippen LogP contribution is 1.97. The Bertz CT molecular complexity index is 130. The zero-order chi connectivity index (χ0) is 7.98. The molecule has 0 aliphatic heterocycles. The normalized spacial score (nSPS) is 11.4. The molecule has 0 atom stereocenters. The number of nitrogens with zero attached hydrogens (tertiary/aromatic N) is 1. The highest BCUT2D eigenvalue weighted by Gasteiger charge is 1.95. The maximum absolute atomic E-state index is 5.26. The first-order valence-corrected chi connectivity index (χ1v) is 3.25. The van der Waals surface area contributed by atoms with Gasteiger partial charge in [-0.25, -0.2) is 5.43 Å². The molecule has 0 aromatic heterocycles. The molecular formula is C7H14N2O. The first-order chi connectivity index (χ1) is 4.70. The molecule has 0 radical (unpaired) electrons. The molecule has 0 fully saturated rings. The van der Waals surface area contributed by atoms with E-state index in [0.29, 0.717) is 5.88 Å². The molecule has 58 valence electrons. The lowest BCUT2D eigenvalue weighted by Crippen LogP contribution is -2.12. The van der Waals surface area contributed by atoms with E-state index in [-0.39, 0.29) is 6.10 Å². The summed E-state index contributed by atoms with van der Waals surface area (Å²) in [6.07, 6.45) is 1.97. The Labute approximate surface area is 61.8 Å². The van der Waals surface area contributed by atoms with Gasteiger partial charge in [0.05, 0.1) is 6.10 Å². The SMILES string of the molecule is C=NN/C(=C\C)OC(C)C. The van der Waals surface area contributed by atoms with Gasteiger partial charge in [0, 0.05) is 6.72 Å². The van der Waals surface area contributed by atoms with E-state index in [2.05, 4.69) is 17.2 Å². The van der Waals surface area contributed by atoms with Crippen LogP contribution in [0.4, 0.5) is 0 Å². The standard InChI is InChI=1S/C7H14N2O/c1-5-7(9-8-4)10-6(2)3/h5-6,9H,4H2,1-3H3/b7-5+. The van der Waals surface area contributed by atoms with E-state index in [0.717, 1.165) is 0 Å². The molecule has 3 heteroatoms. The Morgan fingerprint density at radius 3 is 2.60 bits per heavy atom. The topological polar surface area (TPSA) is 33.6 Å². The fourth-order valence-corrected chi connectivity index (χ4v) is 0.491. The molecule has 0 unspecified atom stereocenters. The van der Waals surface area contributed by atoms with Gasteiger partial charge in [0.15, 0.2) is 0 Å². The number of nitrogens with one attached hydrogen (secondary N) is 1. The van der Waals surface area contributed by atoms with Crippen molar-refractivity contribution in [3.63, 3.8) is 0 Å². The van der Waals surface area contributed by atoms with Gasteiger partial charge in [0.2, 0.25) is 5.88 Å². The lowest BCUT2D eigenvalue weighted by atomic mass is 10.5. The van der Waals surface area contributed by atoms with Crippen molar-refractivity contribution in [3.05, 3.63) is 12.0 Å². The Morgan fingerprint density at radius 2 is 2.30 bits per heavy atom. The van der Waals surface area contributed by atoms with Crippen molar-refractivity contribution in [1.82, 2.24) is 5.43 Å². The maximum Gasteiger partial charge on any atom is 0.203 e. The van der Waals surface area contributed by atoms with E-state index in [4.69, 9.17) is 4.74 Å². The van der Waals surface area contributed by atoms with E-state index < -0.39 is 0 Å². The molecule has 0 amide bonds. The number of hydrogen-bond donors (Lipinski definition) is 1. The Balaban J connectivity index is 3.73. The molecule has 0 aromatic rings. The summed E-state index contributed by atoms with van der Waals surface area (Å²) in [6, 6.07) is 0. The molecular weight excluding hydrogens is 128 g/mol. The second kappa shape index (κ2) is 4.85. The lowest BCUT2D eigenvalue weighted by molar-refractivity contribution is 0.131. The number of ether oxygens (including phenoxy) is 1. The van der Waals surface area contributed by atoms with Gasteiger partial charge in [0.1, 0.15) is 0 Å². The van der Waals surface area contributed by atoms with Crippen LogP contribution in [-0.4, -0.2) is 12.8 Å². The number of hydrogen-bond acceptors (Lipinski definition) is 3. The lowest BCUT2D eigenvalue weighted by Gasteiger charge is -2.11. The maximum atomic E-state index is 5.26. The van der Waals surface area contributed by atoms with Crippen molar-refractivity contribution in [2.75, 3.05) is 0 Å². The smallest absolute Gasteiger partial charge is 0.203 e. The van der Waals surface area contributed by atoms with Crippen LogP contribution >= 0.6 is 0 Å². The predicted octanol–water partition coefficient (Wildman–Crippen LogP) is 1.48. The van der Waals surface area contributed by atoms with Crippen molar-refractivity contribution in [2.45, 2.75) is 26.9 Å². The van der Waals surface area contributed by atoms with E-state index >= 15 is 0 Å². The molecule has 0 saturated heterocycles. The van der Waals surface area contributed by atoms with E-state index in [1.54, 1.807) is 6.08 Å². The van der Waals surface area contributed by atoms with Crippen molar-refractivity contribution in [2.24, 2.45) is 5.10 Å². The van der Waals surface area contributed by atoms with Crippen molar-refractivity contribution >= 4 is 6.72 Å². The van der Waals surface area contributed by atoms with Crippen LogP contribution in [0, 0.1) is 0 Å². The summed E-state index contributed by atoms with van der Waals surface area (Å²) < 4.78 is 5.26. The second-order valence-corrected chi connectivity index (χ2v) is 2.09. The third-order valence-corrected chi connectivity index (χ3v) is 0.814. The third kappa shape index (κ3) is 3.95. The van der Waals surface area contributed by atoms with Crippen LogP contribution in [0.3, 0.4) is 0 Å². The first kappa shape index (κ1) is 9.01. The van der Waals surface area contributed by atoms with Gasteiger partial charge in [-0.15, -0.1) is 0 Å². The van der Waals surface area contributed by atoms with E-state index in [9.17, 15) is 0 Å². The quantitative estimate of drug-likeness (QED) is 0.366. The van der Waals surface area contributed by atoms with Gasteiger partial charge in [-0.2, -0.15) is 5.10 Å². The number of rotatable bonds is 4. The van der Waals surface area contributed by atoms with Crippen molar-refractivity contribution < 1.29 is 4.74 Å². The van der Waals surface area contributed by atoms with Gasteiger partial charge in [-0.05, 0) is 26.8 Å². The molecule has 0 spiro atoms. The molecule has 0 aliphatic carbocycles. The molecule has 3 nitrogen and oxygen atoms in total. The summed E-state index contributed by atoms with van der Waals surface area (Å²) >= 11 is 0. The zero-order valence-electron chi connectivity index (χ0n) is 6.72. The van der Waals surface area contributed by atoms with E-state index in [1.807, 2.05) is 20.8 Å². The Hall–Kier alpha value is -0.990. The van der Waals surface area contributed by atoms with Crippen LogP contribution in [0.15, 0.2) is 17.1 Å². The molecule has 1 N–H and O–H groups in total. The zero-order valence-corrected chi connectivity index (χ0v) is 6.72. The summed E-state index contributed by atoms with van der Waals surface area (Å²) in [7, 11) is 0. The average Bonchev–Trinajstić information content (AvgIpc) is 1.86. The highest BCUT2D eigenvalue weighted by atomic mass is 16.5. The minimum absolute atomic E-state index is 0.167. The Kier molecular flexibility index (Phi) is 4.37. The predicted molar refractivity (Wildman–Crippen MR) is 42.7 cm³/mol. The summed E-state index contributed by atoms with van der Waals surface area (Å²) in [5.74, 6) is 0.644. The van der Waals surface area contributed by atoms with Crippen LogP contribution in [0.2, 0.25) is 0 Å². The minimum Gasteiger partial charge on any atom is -0.476 e. The average molecular weight is 142 g/mol. The van der Waals surface area contributed by atoms with Crippen LogP contribution in [0.25, 0.3) is 0 Å². The molecule has 0 rings (SSSR count). The van der Waals surface area contributed by atoms with Crippen molar-refractivity contribution in [3.8, 4) is 0 Å². The fraction of sp³-hybridized carbons (Fsp3) is 0.571. The molecule has 0 saturated carbocycles. The largest absolute Gasteiger partial charge is 0.476 e. The first-order valence-electron chi connectivity index (χ1n) is 3.25. The summed E-state index contributed by atoms with van der Waals surface area (Å²) in [4.78, 5) is 0. The van der Waals surface area contributed by atoms with Gasteiger partial charge in [0.25, 0.3) is 0 Å². The van der Waals surface area contributed by atoms with Gasteiger partial charge < -0.3 is 4.74 Å². The second-order valence-electron chi connectivity index (χ2n) is 2.09.